The second-order valence-electron chi connectivity index (χ2n) is 7.93. The fourth-order valence-electron chi connectivity index (χ4n) is 3.72. The van der Waals surface area contributed by atoms with E-state index in [2.05, 4.69) is 15.6 Å². The topological polar surface area (TPSA) is 83.0 Å². The maximum atomic E-state index is 12.2. The molecule has 0 heterocycles. The van der Waals surface area contributed by atoms with Gasteiger partial charge in [-0.05, 0) is 49.3 Å². The first-order valence-corrected chi connectivity index (χ1v) is 11.8. The van der Waals surface area contributed by atoms with Crippen LogP contribution in [0.15, 0.2) is 34.2 Å². The average Bonchev–Trinajstić information content (AvgIpc) is 3.18. The molecule has 9 heteroatoms. The summed E-state index contributed by atoms with van der Waals surface area (Å²) in [5.41, 5.74) is 1.25. The molecule has 2 N–H and O–H groups in total. The molecule has 7 nitrogen and oxygen atoms in total. The minimum absolute atomic E-state index is 0. The van der Waals surface area contributed by atoms with Crippen LogP contribution in [0.3, 0.4) is 0 Å². The normalized spacial score (nSPS) is 16.4. The molecule has 1 fully saturated rings. The third kappa shape index (κ3) is 7.65. The molecule has 1 saturated carbocycles. The van der Waals surface area contributed by atoms with Crippen LogP contribution in [0.4, 0.5) is 0 Å². The maximum Gasteiger partial charge on any atom is 0.242 e. The Balaban J connectivity index is 0.00000450. The highest BCUT2D eigenvalue weighted by molar-refractivity contribution is 14.0. The van der Waals surface area contributed by atoms with E-state index in [4.69, 9.17) is 4.74 Å². The number of hydrogen-bond donors (Lipinski definition) is 2. The second kappa shape index (κ2) is 12.8. The zero-order valence-electron chi connectivity index (χ0n) is 18.6. The Morgan fingerprint density at radius 1 is 1.17 bits per heavy atom. The van der Waals surface area contributed by atoms with Crippen LogP contribution in [-0.2, 0) is 21.3 Å². The van der Waals surface area contributed by atoms with E-state index >= 15 is 0 Å². The summed E-state index contributed by atoms with van der Waals surface area (Å²) in [6.45, 7) is 5.01. The van der Waals surface area contributed by atoms with Crippen LogP contribution in [-0.4, -0.2) is 59.6 Å². The minimum atomic E-state index is -3.40. The fraction of sp³-hybridized carbons (Fsp3) is 0.667. The number of guanidine groups is 1. The Morgan fingerprint density at radius 3 is 2.33 bits per heavy atom. The highest BCUT2D eigenvalue weighted by Gasteiger charge is 2.33. The maximum absolute atomic E-state index is 12.2. The predicted molar refractivity (Wildman–Crippen MR) is 133 cm³/mol. The molecule has 0 spiro atoms. The van der Waals surface area contributed by atoms with E-state index in [0.29, 0.717) is 11.4 Å². The highest BCUT2D eigenvalue weighted by Crippen LogP contribution is 2.40. The van der Waals surface area contributed by atoms with Crippen molar-refractivity contribution in [3.05, 3.63) is 29.8 Å². The molecular formula is C21H37IN4O3S. The van der Waals surface area contributed by atoms with Gasteiger partial charge in [0.1, 0.15) is 0 Å². The number of benzene rings is 1. The van der Waals surface area contributed by atoms with Crippen molar-refractivity contribution in [2.45, 2.75) is 50.5 Å². The van der Waals surface area contributed by atoms with Crippen molar-refractivity contribution in [3.8, 4) is 0 Å². The van der Waals surface area contributed by atoms with Gasteiger partial charge in [-0.3, -0.25) is 0 Å². The van der Waals surface area contributed by atoms with Crippen LogP contribution in [0, 0.1) is 5.41 Å². The molecule has 172 valence electrons. The van der Waals surface area contributed by atoms with Crippen molar-refractivity contribution >= 4 is 40.0 Å². The van der Waals surface area contributed by atoms with Crippen LogP contribution < -0.4 is 10.6 Å². The zero-order chi connectivity index (χ0) is 21.3. The molecule has 0 aliphatic heterocycles. The van der Waals surface area contributed by atoms with E-state index in [1.807, 2.05) is 19.1 Å². The van der Waals surface area contributed by atoms with Crippen LogP contribution in [0.25, 0.3) is 0 Å². The van der Waals surface area contributed by atoms with Crippen molar-refractivity contribution in [1.29, 1.82) is 0 Å². The number of nitrogens with one attached hydrogen (secondary N) is 2. The van der Waals surface area contributed by atoms with E-state index in [1.54, 1.807) is 19.2 Å². The molecule has 0 radical (unpaired) electrons. The molecule has 0 atom stereocenters. The molecule has 0 amide bonds. The smallest absolute Gasteiger partial charge is 0.242 e. The van der Waals surface area contributed by atoms with Gasteiger partial charge in [-0.1, -0.05) is 25.0 Å². The van der Waals surface area contributed by atoms with Gasteiger partial charge in [-0.15, -0.1) is 24.0 Å². The number of ether oxygens (including phenoxy) is 1. The first-order chi connectivity index (χ1) is 13.8. The van der Waals surface area contributed by atoms with Gasteiger partial charge in [0.05, 0.1) is 11.4 Å². The van der Waals surface area contributed by atoms with E-state index in [0.717, 1.165) is 37.6 Å². The summed E-state index contributed by atoms with van der Waals surface area (Å²) in [6, 6.07) is 6.92. The Kier molecular flexibility index (Phi) is 11.6. The van der Waals surface area contributed by atoms with Crippen molar-refractivity contribution < 1.29 is 13.2 Å². The van der Waals surface area contributed by atoms with E-state index in [-0.39, 0.29) is 29.4 Å². The number of sulfonamides is 1. The summed E-state index contributed by atoms with van der Waals surface area (Å²) < 4.78 is 30.9. The molecule has 2 rings (SSSR count). The van der Waals surface area contributed by atoms with Crippen LogP contribution >= 0.6 is 24.0 Å². The summed E-state index contributed by atoms with van der Waals surface area (Å²) in [7, 11) is 1.42. The highest BCUT2D eigenvalue weighted by atomic mass is 127. The third-order valence-corrected chi connectivity index (χ3v) is 7.43. The van der Waals surface area contributed by atoms with E-state index in [1.165, 1.54) is 44.1 Å². The summed E-state index contributed by atoms with van der Waals surface area (Å²) in [6.07, 6.45) is 6.08. The fourth-order valence-corrected chi connectivity index (χ4v) is 4.62. The predicted octanol–water partition coefficient (Wildman–Crippen LogP) is 3.21. The standard InChI is InChI=1S/C21H36N4O3S.HI/c1-5-22-20(24-17-21(14-15-28-4)12-6-7-13-21)23-16-18-8-10-19(11-9-18)29(26,27)25(2)3;/h8-11H,5-7,12-17H2,1-4H3,(H2,22,23,24);1H. The zero-order valence-corrected chi connectivity index (χ0v) is 21.8. The Labute approximate surface area is 199 Å². The van der Waals surface area contributed by atoms with Crippen LogP contribution in [0.1, 0.15) is 44.6 Å². The van der Waals surface area contributed by atoms with Gasteiger partial charge >= 0.3 is 0 Å². The first-order valence-electron chi connectivity index (χ1n) is 10.4. The van der Waals surface area contributed by atoms with Crippen molar-refractivity contribution in [1.82, 2.24) is 14.9 Å². The number of hydrogen-bond acceptors (Lipinski definition) is 4. The summed E-state index contributed by atoms with van der Waals surface area (Å²) in [4.78, 5) is 4.98. The van der Waals surface area contributed by atoms with Crippen molar-refractivity contribution in [2.75, 3.05) is 40.9 Å². The van der Waals surface area contributed by atoms with Gasteiger partial charge < -0.3 is 15.4 Å². The van der Waals surface area contributed by atoms with Gasteiger partial charge in [0.25, 0.3) is 0 Å². The van der Waals surface area contributed by atoms with E-state index in [9.17, 15) is 8.42 Å². The Bertz CT molecular complexity index is 761. The number of aliphatic imine (C=N–C) groups is 1. The molecule has 1 aliphatic rings. The second-order valence-corrected chi connectivity index (χ2v) is 10.1. The molecule has 0 bridgehead atoms. The minimum Gasteiger partial charge on any atom is -0.385 e. The lowest BCUT2D eigenvalue weighted by atomic mass is 9.83. The number of nitrogens with zero attached hydrogens (tertiary/aromatic N) is 2. The Hall–Kier alpha value is -0.910. The largest absolute Gasteiger partial charge is 0.385 e. The van der Waals surface area contributed by atoms with Crippen LogP contribution in [0.2, 0.25) is 0 Å². The molecule has 30 heavy (non-hydrogen) atoms. The summed E-state index contributed by atoms with van der Waals surface area (Å²) in [5.74, 6) is 0.793. The van der Waals surface area contributed by atoms with E-state index < -0.39 is 10.0 Å². The molecule has 1 aromatic rings. The van der Waals surface area contributed by atoms with Gasteiger partial charge in [0.2, 0.25) is 10.0 Å². The first kappa shape index (κ1) is 27.1. The quantitative estimate of drug-likeness (QED) is 0.265. The molecular weight excluding hydrogens is 515 g/mol. The van der Waals surface area contributed by atoms with Gasteiger partial charge in [0, 0.05) is 40.9 Å². The molecule has 0 aromatic heterocycles. The van der Waals surface area contributed by atoms with Gasteiger partial charge in [-0.2, -0.15) is 0 Å². The van der Waals surface area contributed by atoms with Crippen LogP contribution in [0.5, 0.6) is 0 Å². The number of methoxy groups -OCH3 is 1. The SMILES string of the molecule is CCNC(=NCc1ccc(S(=O)(=O)N(C)C)cc1)NCC1(CCOC)CCCC1.I. The van der Waals surface area contributed by atoms with Crippen molar-refractivity contribution in [2.24, 2.45) is 10.4 Å². The number of rotatable bonds is 10. The molecule has 0 saturated heterocycles. The van der Waals surface area contributed by atoms with Gasteiger partial charge in [-0.25, -0.2) is 17.7 Å². The summed E-state index contributed by atoms with van der Waals surface area (Å²) >= 11 is 0. The Morgan fingerprint density at radius 2 is 1.80 bits per heavy atom. The average molecular weight is 553 g/mol. The van der Waals surface area contributed by atoms with Gasteiger partial charge in [0.15, 0.2) is 5.96 Å². The lowest BCUT2D eigenvalue weighted by Crippen LogP contribution is -2.43. The lowest BCUT2D eigenvalue weighted by molar-refractivity contribution is 0.138. The molecule has 0 unspecified atom stereocenters. The molecule has 1 aliphatic carbocycles. The third-order valence-electron chi connectivity index (χ3n) is 5.60. The lowest BCUT2D eigenvalue weighted by Gasteiger charge is -2.30. The van der Waals surface area contributed by atoms with Crippen molar-refractivity contribution in [3.63, 3.8) is 0 Å². The number of halogens is 1. The monoisotopic (exact) mass is 552 g/mol. The summed E-state index contributed by atoms with van der Waals surface area (Å²) in [5, 5.41) is 6.82. The molecule has 1 aromatic carbocycles.